The summed E-state index contributed by atoms with van der Waals surface area (Å²) < 4.78 is 21.4. The zero-order valence-corrected chi connectivity index (χ0v) is 15.6. The number of anilines is 1. The fourth-order valence-electron chi connectivity index (χ4n) is 3.54. The van der Waals surface area contributed by atoms with Gasteiger partial charge in [0.05, 0.1) is 24.8 Å². The third-order valence-electron chi connectivity index (χ3n) is 5.12. The second-order valence-electron chi connectivity index (χ2n) is 7.05. The normalized spacial score (nSPS) is 18.9. The van der Waals surface area contributed by atoms with E-state index in [1.54, 1.807) is 25.3 Å². The minimum absolute atomic E-state index is 0.160. The SMILES string of the molecule is Cc1c(F)cccc1NC(=O)[C@H]1CCO[C@@H]1c1cnn(Cc2ccccc2)c1. The third kappa shape index (κ3) is 3.82. The lowest BCUT2D eigenvalue weighted by Gasteiger charge is -2.18. The van der Waals surface area contributed by atoms with Crippen LogP contribution in [0, 0.1) is 18.7 Å². The van der Waals surface area contributed by atoms with Gasteiger partial charge in [-0.25, -0.2) is 4.39 Å². The van der Waals surface area contributed by atoms with Crippen molar-refractivity contribution in [2.24, 2.45) is 5.92 Å². The quantitative estimate of drug-likeness (QED) is 0.726. The maximum Gasteiger partial charge on any atom is 0.230 e. The van der Waals surface area contributed by atoms with Crippen molar-refractivity contribution in [2.75, 3.05) is 11.9 Å². The van der Waals surface area contributed by atoms with E-state index in [-0.39, 0.29) is 23.7 Å². The number of benzene rings is 2. The van der Waals surface area contributed by atoms with Gasteiger partial charge in [-0.2, -0.15) is 5.10 Å². The van der Waals surface area contributed by atoms with E-state index in [4.69, 9.17) is 4.74 Å². The molecule has 6 heteroatoms. The Hall–Kier alpha value is -2.99. The number of hydrogen-bond donors (Lipinski definition) is 1. The molecule has 2 aromatic carbocycles. The van der Waals surface area contributed by atoms with Crippen LogP contribution in [0.15, 0.2) is 60.9 Å². The van der Waals surface area contributed by atoms with Gasteiger partial charge < -0.3 is 10.1 Å². The number of ether oxygens (including phenoxy) is 1. The molecule has 0 radical (unpaired) electrons. The Kier molecular flexibility index (Phi) is 5.21. The molecule has 4 rings (SSSR count). The molecule has 1 aliphatic rings. The Morgan fingerprint density at radius 3 is 2.89 bits per heavy atom. The first-order chi connectivity index (χ1) is 13.6. The fraction of sp³-hybridized carbons (Fsp3) is 0.273. The summed E-state index contributed by atoms with van der Waals surface area (Å²) in [6, 6.07) is 14.7. The van der Waals surface area contributed by atoms with Gasteiger partial charge in [0.25, 0.3) is 0 Å². The van der Waals surface area contributed by atoms with Crippen LogP contribution in [0.1, 0.15) is 29.2 Å². The number of amides is 1. The second-order valence-corrected chi connectivity index (χ2v) is 7.05. The summed E-state index contributed by atoms with van der Waals surface area (Å²) in [6.07, 6.45) is 3.95. The summed E-state index contributed by atoms with van der Waals surface area (Å²) in [6.45, 7) is 2.82. The van der Waals surface area contributed by atoms with Gasteiger partial charge in [-0.15, -0.1) is 0 Å². The minimum atomic E-state index is -0.349. The summed E-state index contributed by atoms with van der Waals surface area (Å²) >= 11 is 0. The molecule has 1 fully saturated rings. The predicted molar refractivity (Wildman–Crippen MR) is 104 cm³/mol. The van der Waals surface area contributed by atoms with Gasteiger partial charge >= 0.3 is 0 Å². The van der Waals surface area contributed by atoms with E-state index in [0.29, 0.717) is 30.8 Å². The molecular weight excluding hydrogens is 357 g/mol. The van der Waals surface area contributed by atoms with Crippen molar-refractivity contribution in [3.8, 4) is 0 Å². The monoisotopic (exact) mass is 379 g/mol. The molecule has 144 valence electrons. The van der Waals surface area contributed by atoms with Crippen LogP contribution in [0.2, 0.25) is 0 Å². The Balaban J connectivity index is 1.47. The maximum atomic E-state index is 13.7. The van der Waals surface area contributed by atoms with Gasteiger partial charge in [0, 0.05) is 29.6 Å². The van der Waals surface area contributed by atoms with Crippen LogP contribution < -0.4 is 5.32 Å². The molecule has 0 saturated carbocycles. The van der Waals surface area contributed by atoms with E-state index >= 15 is 0 Å². The number of carbonyl (C=O) groups excluding carboxylic acids is 1. The number of carbonyl (C=O) groups is 1. The highest BCUT2D eigenvalue weighted by Gasteiger charge is 2.36. The standard InChI is InChI=1S/C22H22FN3O2/c1-15-19(23)8-5-9-20(15)25-22(27)18-10-11-28-21(18)17-12-24-26(14-17)13-16-6-3-2-4-7-16/h2-9,12,14,18,21H,10-11,13H2,1H3,(H,25,27)/t18-,21+/m0/s1. The first kappa shape index (κ1) is 18.4. The number of aromatic nitrogens is 2. The maximum absolute atomic E-state index is 13.7. The Morgan fingerprint density at radius 1 is 1.25 bits per heavy atom. The molecular formula is C22H22FN3O2. The minimum Gasteiger partial charge on any atom is -0.373 e. The molecule has 2 atom stereocenters. The van der Waals surface area contributed by atoms with E-state index in [0.717, 1.165) is 11.1 Å². The summed E-state index contributed by atoms with van der Waals surface area (Å²) in [5, 5.41) is 7.27. The molecule has 28 heavy (non-hydrogen) atoms. The average molecular weight is 379 g/mol. The molecule has 0 spiro atoms. The van der Waals surface area contributed by atoms with Crippen LogP contribution >= 0.6 is 0 Å². The molecule has 2 heterocycles. The lowest BCUT2D eigenvalue weighted by molar-refractivity contribution is -0.121. The van der Waals surface area contributed by atoms with Crippen LogP contribution in [0.3, 0.4) is 0 Å². The summed E-state index contributed by atoms with van der Waals surface area (Å²) in [4.78, 5) is 12.8. The third-order valence-corrected chi connectivity index (χ3v) is 5.12. The molecule has 5 nitrogen and oxygen atoms in total. The first-order valence-electron chi connectivity index (χ1n) is 9.35. The van der Waals surface area contributed by atoms with Gasteiger partial charge in [0.15, 0.2) is 0 Å². The topological polar surface area (TPSA) is 56.1 Å². The number of halogens is 1. The summed E-state index contributed by atoms with van der Waals surface area (Å²) in [5.74, 6) is -0.830. The van der Waals surface area contributed by atoms with Crippen LogP contribution in [0.5, 0.6) is 0 Å². The average Bonchev–Trinajstić information content (AvgIpc) is 3.35. The van der Waals surface area contributed by atoms with E-state index in [2.05, 4.69) is 10.4 Å². The Labute approximate surface area is 163 Å². The van der Waals surface area contributed by atoms with Crippen molar-refractivity contribution in [3.63, 3.8) is 0 Å². The highest BCUT2D eigenvalue weighted by Crippen LogP contribution is 2.35. The van der Waals surface area contributed by atoms with E-state index < -0.39 is 0 Å². The van der Waals surface area contributed by atoms with Crippen molar-refractivity contribution in [3.05, 3.63) is 83.4 Å². The molecule has 1 amide bonds. The van der Waals surface area contributed by atoms with Crippen molar-refractivity contribution < 1.29 is 13.9 Å². The lowest BCUT2D eigenvalue weighted by Crippen LogP contribution is -2.25. The van der Waals surface area contributed by atoms with Crippen molar-refractivity contribution in [2.45, 2.75) is 26.0 Å². The smallest absolute Gasteiger partial charge is 0.230 e. The number of hydrogen-bond acceptors (Lipinski definition) is 3. The van der Waals surface area contributed by atoms with Crippen molar-refractivity contribution in [1.29, 1.82) is 0 Å². The van der Waals surface area contributed by atoms with E-state index in [9.17, 15) is 9.18 Å². The summed E-state index contributed by atoms with van der Waals surface area (Å²) in [5.41, 5.74) is 2.96. The van der Waals surface area contributed by atoms with Crippen LogP contribution in [0.4, 0.5) is 10.1 Å². The highest BCUT2D eigenvalue weighted by atomic mass is 19.1. The molecule has 0 unspecified atom stereocenters. The van der Waals surface area contributed by atoms with Gasteiger partial charge in [-0.3, -0.25) is 9.48 Å². The first-order valence-corrected chi connectivity index (χ1v) is 9.35. The van der Waals surface area contributed by atoms with E-state index in [1.165, 1.54) is 6.07 Å². The van der Waals surface area contributed by atoms with Gasteiger partial charge in [-0.05, 0) is 31.0 Å². The van der Waals surface area contributed by atoms with Crippen molar-refractivity contribution >= 4 is 11.6 Å². The van der Waals surface area contributed by atoms with E-state index in [1.807, 2.05) is 41.2 Å². The lowest BCUT2D eigenvalue weighted by atomic mass is 9.96. The molecule has 3 aromatic rings. The molecule has 1 aliphatic heterocycles. The van der Waals surface area contributed by atoms with Gasteiger partial charge in [0.2, 0.25) is 5.91 Å². The zero-order chi connectivity index (χ0) is 19.5. The molecule has 1 N–H and O–H groups in total. The number of nitrogens with one attached hydrogen (secondary N) is 1. The van der Waals surface area contributed by atoms with Crippen molar-refractivity contribution in [1.82, 2.24) is 9.78 Å². The van der Waals surface area contributed by atoms with Crippen LogP contribution in [-0.2, 0) is 16.1 Å². The van der Waals surface area contributed by atoms with Crippen LogP contribution in [0.25, 0.3) is 0 Å². The summed E-state index contributed by atoms with van der Waals surface area (Å²) in [7, 11) is 0. The molecule has 1 aromatic heterocycles. The Bertz CT molecular complexity index is 971. The fourth-order valence-corrected chi connectivity index (χ4v) is 3.54. The zero-order valence-electron chi connectivity index (χ0n) is 15.6. The molecule has 1 saturated heterocycles. The molecule has 0 aliphatic carbocycles. The second kappa shape index (κ2) is 7.94. The van der Waals surface area contributed by atoms with Crippen LogP contribution in [-0.4, -0.2) is 22.3 Å². The number of nitrogens with zero attached hydrogens (tertiary/aromatic N) is 2. The van der Waals surface area contributed by atoms with Gasteiger partial charge in [0.1, 0.15) is 5.82 Å². The largest absolute Gasteiger partial charge is 0.373 e. The predicted octanol–water partition coefficient (Wildman–Crippen LogP) is 4.10. The number of rotatable bonds is 5. The molecule has 0 bridgehead atoms. The van der Waals surface area contributed by atoms with Gasteiger partial charge in [-0.1, -0.05) is 36.4 Å². The Morgan fingerprint density at radius 2 is 2.07 bits per heavy atom. The highest BCUT2D eigenvalue weighted by molar-refractivity contribution is 5.93.